The number of likely N-dealkylation sites (N-methyl/N-ethyl adjacent to an activating group) is 1. The number of hydrogen-bond acceptors (Lipinski definition) is 4. The first-order valence-corrected chi connectivity index (χ1v) is 9.18. The Bertz CT molecular complexity index is 602. The highest BCUT2D eigenvalue weighted by Crippen LogP contribution is 2.41. The lowest BCUT2D eigenvalue weighted by Crippen LogP contribution is -2.41. The quantitative estimate of drug-likeness (QED) is 0.810. The fourth-order valence-electron chi connectivity index (χ4n) is 3.24. The van der Waals surface area contributed by atoms with Gasteiger partial charge in [-0.2, -0.15) is 16.8 Å². The first kappa shape index (κ1) is 16.6. The molecule has 0 spiro atoms. The van der Waals surface area contributed by atoms with E-state index in [1.54, 1.807) is 0 Å². The Morgan fingerprint density at radius 2 is 2.13 bits per heavy atom. The van der Waals surface area contributed by atoms with E-state index in [1.807, 2.05) is 30.5 Å². The monoisotopic (exact) mass is 331 g/mol. The number of nitrogens with zero attached hydrogens (tertiary/aromatic N) is 3. The van der Waals surface area contributed by atoms with Gasteiger partial charge in [0, 0.05) is 38.2 Å². The van der Waals surface area contributed by atoms with Crippen molar-refractivity contribution in [1.82, 2.24) is 14.6 Å². The van der Waals surface area contributed by atoms with Gasteiger partial charge in [0.1, 0.15) is 0 Å². The molecule has 0 radical (unpaired) electrons. The third kappa shape index (κ3) is 3.62. The second-order valence-corrected chi connectivity index (χ2v) is 8.05. The number of rotatable bonds is 6. The molecule has 1 saturated heterocycles. The molecule has 2 unspecified atom stereocenters. The van der Waals surface area contributed by atoms with Gasteiger partial charge < -0.3 is 4.57 Å². The van der Waals surface area contributed by atoms with Crippen LogP contribution in [0.5, 0.6) is 0 Å². The van der Waals surface area contributed by atoms with E-state index in [-0.39, 0.29) is 11.6 Å². The molecule has 23 heavy (non-hydrogen) atoms. The Kier molecular flexibility index (Phi) is 5.09. The summed E-state index contributed by atoms with van der Waals surface area (Å²) in [4.78, 5) is 10.4. The van der Waals surface area contributed by atoms with E-state index in [0.717, 1.165) is 18.7 Å². The van der Waals surface area contributed by atoms with Gasteiger partial charge in [-0.1, -0.05) is 44.2 Å². The van der Waals surface area contributed by atoms with E-state index in [1.165, 1.54) is 5.56 Å². The van der Waals surface area contributed by atoms with Crippen LogP contribution >= 0.6 is 11.8 Å². The van der Waals surface area contributed by atoms with Gasteiger partial charge in [-0.15, -0.1) is 0 Å². The molecule has 2 atom stereocenters. The lowest BCUT2D eigenvalue weighted by molar-refractivity contribution is -0.170. The van der Waals surface area contributed by atoms with Gasteiger partial charge in [-0.3, -0.25) is 4.84 Å². The molecule has 3 rings (SSSR count). The predicted octanol–water partition coefficient (Wildman–Crippen LogP) is 3.56. The molecule has 0 saturated carbocycles. The molecular weight excluding hydrogens is 306 g/mol. The molecule has 1 aromatic heterocycles. The second-order valence-electron chi connectivity index (χ2n) is 6.44. The van der Waals surface area contributed by atoms with Crippen LogP contribution in [0.2, 0.25) is 0 Å². The maximum absolute atomic E-state index is 6.21. The van der Waals surface area contributed by atoms with Crippen LogP contribution in [0.15, 0.2) is 49.1 Å². The SMILES string of the molecule is CC(C)SCC1CC(Cn2ccnc2)(c2ccccc2)N(C)O1. The Morgan fingerprint density at radius 1 is 1.35 bits per heavy atom. The maximum Gasteiger partial charge on any atom is 0.0946 e. The van der Waals surface area contributed by atoms with Crippen LogP contribution in [0.4, 0.5) is 0 Å². The van der Waals surface area contributed by atoms with Gasteiger partial charge in [0.25, 0.3) is 0 Å². The van der Waals surface area contributed by atoms with E-state index in [4.69, 9.17) is 4.84 Å². The van der Waals surface area contributed by atoms with E-state index >= 15 is 0 Å². The van der Waals surface area contributed by atoms with Gasteiger partial charge in [0.05, 0.1) is 18.0 Å². The number of aromatic nitrogens is 2. The molecule has 4 nitrogen and oxygen atoms in total. The predicted molar refractivity (Wildman–Crippen MR) is 95.2 cm³/mol. The number of hydrogen-bond donors (Lipinski definition) is 0. The third-order valence-electron chi connectivity index (χ3n) is 4.41. The highest BCUT2D eigenvalue weighted by molar-refractivity contribution is 7.99. The van der Waals surface area contributed by atoms with Crippen LogP contribution in [0, 0.1) is 0 Å². The molecule has 5 heteroatoms. The Morgan fingerprint density at radius 3 is 2.78 bits per heavy atom. The smallest absolute Gasteiger partial charge is 0.0946 e. The molecule has 0 aliphatic carbocycles. The van der Waals surface area contributed by atoms with Crippen LogP contribution in [-0.4, -0.2) is 38.8 Å². The van der Waals surface area contributed by atoms with Crippen LogP contribution in [0.25, 0.3) is 0 Å². The Balaban J connectivity index is 1.87. The summed E-state index contributed by atoms with van der Waals surface area (Å²) in [5.41, 5.74) is 1.15. The molecule has 1 aliphatic heterocycles. The molecule has 1 aliphatic rings. The summed E-state index contributed by atoms with van der Waals surface area (Å²) in [6, 6.07) is 10.7. The normalized spacial score (nSPS) is 25.3. The summed E-state index contributed by atoms with van der Waals surface area (Å²) >= 11 is 1.96. The largest absolute Gasteiger partial charge is 0.335 e. The van der Waals surface area contributed by atoms with Gasteiger partial charge in [0.2, 0.25) is 0 Å². The Labute approximate surface area is 142 Å². The van der Waals surface area contributed by atoms with Crippen molar-refractivity contribution in [2.45, 2.75) is 43.7 Å². The third-order valence-corrected chi connectivity index (χ3v) is 5.64. The summed E-state index contributed by atoms with van der Waals surface area (Å²) in [7, 11) is 2.06. The maximum atomic E-state index is 6.21. The molecule has 2 aromatic rings. The minimum Gasteiger partial charge on any atom is -0.335 e. The fraction of sp³-hybridized carbons (Fsp3) is 0.500. The van der Waals surface area contributed by atoms with Crippen LogP contribution in [0.3, 0.4) is 0 Å². The van der Waals surface area contributed by atoms with Crippen molar-refractivity contribution in [3.05, 3.63) is 54.6 Å². The molecule has 0 bridgehead atoms. The zero-order chi connectivity index (χ0) is 16.3. The van der Waals surface area contributed by atoms with E-state index in [9.17, 15) is 0 Å². The van der Waals surface area contributed by atoms with Crippen molar-refractivity contribution in [3.8, 4) is 0 Å². The summed E-state index contributed by atoms with van der Waals surface area (Å²) < 4.78 is 2.14. The number of thioether (sulfide) groups is 1. The van der Waals surface area contributed by atoms with Crippen molar-refractivity contribution in [1.29, 1.82) is 0 Å². The zero-order valence-corrected chi connectivity index (χ0v) is 14.9. The van der Waals surface area contributed by atoms with Crippen molar-refractivity contribution in [2.75, 3.05) is 12.8 Å². The standard InChI is InChI=1S/C18H25N3OS/c1-15(2)23-12-17-11-18(20(3)22-17,13-21-10-9-19-14-21)16-7-5-4-6-8-16/h4-10,14-15,17H,11-13H2,1-3H3. The first-order valence-electron chi connectivity index (χ1n) is 8.13. The molecule has 2 heterocycles. The average Bonchev–Trinajstić information content (AvgIpc) is 3.15. The molecule has 0 N–H and O–H groups in total. The van der Waals surface area contributed by atoms with Crippen molar-refractivity contribution in [2.24, 2.45) is 0 Å². The van der Waals surface area contributed by atoms with E-state index < -0.39 is 0 Å². The van der Waals surface area contributed by atoms with Gasteiger partial charge in [-0.05, 0) is 10.8 Å². The highest BCUT2D eigenvalue weighted by Gasteiger charge is 2.46. The summed E-state index contributed by atoms with van der Waals surface area (Å²) in [5.74, 6) is 1.03. The first-order chi connectivity index (χ1) is 11.1. The van der Waals surface area contributed by atoms with Crippen LogP contribution in [0.1, 0.15) is 25.8 Å². The minimum atomic E-state index is -0.149. The zero-order valence-electron chi connectivity index (χ0n) is 14.1. The lowest BCUT2D eigenvalue weighted by atomic mass is 9.85. The van der Waals surface area contributed by atoms with Gasteiger partial charge in [-0.25, -0.2) is 4.98 Å². The Hall–Kier alpha value is -1.30. The summed E-state index contributed by atoms with van der Waals surface area (Å²) in [5, 5.41) is 2.69. The number of benzene rings is 1. The highest BCUT2D eigenvalue weighted by atomic mass is 32.2. The van der Waals surface area contributed by atoms with Gasteiger partial charge >= 0.3 is 0 Å². The van der Waals surface area contributed by atoms with Crippen LogP contribution < -0.4 is 0 Å². The molecule has 1 aromatic carbocycles. The average molecular weight is 331 g/mol. The second kappa shape index (κ2) is 7.07. The lowest BCUT2D eigenvalue weighted by Gasteiger charge is -2.34. The van der Waals surface area contributed by atoms with Gasteiger partial charge in [0.15, 0.2) is 0 Å². The molecule has 0 amide bonds. The fourth-order valence-corrected chi connectivity index (χ4v) is 4.02. The van der Waals surface area contributed by atoms with Crippen molar-refractivity contribution < 1.29 is 4.84 Å². The van der Waals surface area contributed by atoms with E-state index in [0.29, 0.717) is 5.25 Å². The number of imidazole rings is 1. The molecule has 1 fully saturated rings. The number of hydroxylamine groups is 2. The summed E-state index contributed by atoms with van der Waals surface area (Å²) in [6.45, 7) is 5.31. The summed E-state index contributed by atoms with van der Waals surface area (Å²) in [6.07, 6.45) is 6.98. The van der Waals surface area contributed by atoms with Crippen molar-refractivity contribution >= 4 is 11.8 Å². The molecular formula is C18H25N3OS. The minimum absolute atomic E-state index is 0.149. The van der Waals surface area contributed by atoms with E-state index in [2.05, 4.69) is 65.8 Å². The van der Waals surface area contributed by atoms with Crippen LogP contribution in [-0.2, 0) is 16.9 Å². The molecule has 124 valence electrons. The van der Waals surface area contributed by atoms with Crippen molar-refractivity contribution in [3.63, 3.8) is 0 Å². The topological polar surface area (TPSA) is 30.3 Å².